The van der Waals surface area contributed by atoms with E-state index in [0.29, 0.717) is 5.88 Å². The second-order valence-electron chi connectivity index (χ2n) is 3.29. The predicted octanol–water partition coefficient (Wildman–Crippen LogP) is 3.95. The first-order valence-corrected chi connectivity index (χ1v) is 6.05. The Morgan fingerprint density at radius 1 is 1.62 bits per heavy atom. The molecular weight excluding hydrogens is 270 g/mol. The van der Waals surface area contributed by atoms with Gasteiger partial charge >= 0.3 is 0 Å². The third-order valence-electron chi connectivity index (χ3n) is 1.42. The molecule has 0 saturated heterocycles. The van der Waals surface area contributed by atoms with Crippen molar-refractivity contribution in [3.05, 3.63) is 22.8 Å². The number of thioether (sulfide) groups is 1. The van der Waals surface area contributed by atoms with E-state index >= 15 is 0 Å². The van der Waals surface area contributed by atoms with Gasteiger partial charge in [0, 0.05) is 21.3 Å². The lowest BCUT2D eigenvalue weighted by atomic mass is 10.2. The van der Waals surface area contributed by atoms with E-state index < -0.39 is 0 Å². The first kappa shape index (κ1) is 11.3. The van der Waals surface area contributed by atoms with E-state index in [2.05, 4.69) is 34.8 Å². The molecule has 1 heterocycles. The van der Waals surface area contributed by atoms with Crippen LogP contribution in [0.3, 0.4) is 0 Å². The third-order valence-corrected chi connectivity index (χ3v) is 4.36. The van der Waals surface area contributed by atoms with Gasteiger partial charge in [-0.15, -0.1) is 11.6 Å². The molecule has 0 aromatic carbocycles. The lowest BCUT2D eigenvalue weighted by molar-refractivity contribution is 0.806. The van der Waals surface area contributed by atoms with Crippen molar-refractivity contribution in [1.82, 2.24) is 4.98 Å². The van der Waals surface area contributed by atoms with E-state index in [9.17, 15) is 0 Å². The summed E-state index contributed by atoms with van der Waals surface area (Å²) in [6.45, 7) is 4.21. The Morgan fingerprint density at radius 3 is 2.85 bits per heavy atom. The smallest absolute Gasteiger partial charge is 0.111 e. The summed E-state index contributed by atoms with van der Waals surface area (Å²) in [7, 11) is 0. The number of alkyl halides is 1. The van der Waals surface area contributed by atoms with Gasteiger partial charge in [-0.3, -0.25) is 0 Å². The summed E-state index contributed by atoms with van der Waals surface area (Å²) in [5.74, 6) is 0.612. The fraction of sp³-hybridized carbons (Fsp3) is 0.444. The van der Waals surface area contributed by atoms with Gasteiger partial charge in [0.25, 0.3) is 0 Å². The highest BCUT2D eigenvalue weighted by Gasteiger charge is 2.19. The second-order valence-corrected chi connectivity index (χ2v) is 6.10. The lowest BCUT2D eigenvalue weighted by Crippen LogP contribution is -2.16. The largest absolute Gasteiger partial charge is 0.249 e. The average Bonchev–Trinajstić information content (AvgIpc) is 2.09. The topological polar surface area (TPSA) is 12.9 Å². The summed E-state index contributed by atoms with van der Waals surface area (Å²) in [6, 6.07) is 3.89. The summed E-state index contributed by atoms with van der Waals surface area (Å²) in [6.07, 6.45) is 1.79. The number of hydrogen-bond acceptors (Lipinski definition) is 2. The van der Waals surface area contributed by atoms with Crippen LogP contribution in [0.2, 0.25) is 0 Å². The van der Waals surface area contributed by atoms with Gasteiger partial charge in [-0.2, -0.15) is 0 Å². The predicted molar refractivity (Wildman–Crippen MR) is 62.6 cm³/mol. The Kier molecular flexibility index (Phi) is 4.07. The molecule has 1 nitrogen and oxygen atoms in total. The van der Waals surface area contributed by atoms with E-state index in [1.165, 1.54) is 0 Å². The van der Waals surface area contributed by atoms with Gasteiger partial charge in [0.1, 0.15) is 5.03 Å². The van der Waals surface area contributed by atoms with Gasteiger partial charge in [-0.05, 0) is 41.9 Å². The molecule has 1 rings (SSSR count). The van der Waals surface area contributed by atoms with Crippen LogP contribution < -0.4 is 0 Å². The number of hydrogen-bond donors (Lipinski definition) is 0. The molecule has 4 heteroatoms. The van der Waals surface area contributed by atoms with Gasteiger partial charge < -0.3 is 0 Å². The zero-order chi connectivity index (χ0) is 9.90. The maximum absolute atomic E-state index is 5.83. The van der Waals surface area contributed by atoms with Crippen molar-refractivity contribution in [2.75, 3.05) is 5.88 Å². The highest BCUT2D eigenvalue weighted by atomic mass is 79.9. The SMILES string of the molecule is CC(C)(CCl)Sc1ncccc1Br. The molecule has 0 spiro atoms. The highest BCUT2D eigenvalue weighted by Crippen LogP contribution is 2.35. The molecule has 0 aliphatic heterocycles. The minimum atomic E-state index is 0.0262. The van der Waals surface area contributed by atoms with Crippen LogP contribution in [-0.2, 0) is 0 Å². The summed E-state index contributed by atoms with van der Waals surface area (Å²) in [4.78, 5) is 4.27. The molecule has 1 aromatic rings. The lowest BCUT2D eigenvalue weighted by Gasteiger charge is -2.20. The van der Waals surface area contributed by atoms with Crippen LogP contribution >= 0.6 is 39.3 Å². The van der Waals surface area contributed by atoms with Gasteiger partial charge in [0.2, 0.25) is 0 Å². The van der Waals surface area contributed by atoms with Crippen molar-refractivity contribution in [2.45, 2.75) is 23.6 Å². The monoisotopic (exact) mass is 279 g/mol. The van der Waals surface area contributed by atoms with Crippen LogP contribution in [0.25, 0.3) is 0 Å². The molecule has 0 unspecified atom stereocenters. The molecule has 0 atom stereocenters. The van der Waals surface area contributed by atoms with Crippen molar-refractivity contribution in [1.29, 1.82) is 0 Å². The number of halogens is 2. The van der Waals surface area contributed by atoms with Crippen LogP contribution in [-0.4, -0.2) is 15.6 Å². The maximum Gasteiger partial charge on any atom is 0.111 e. The molecule has 0 aliphatic carbocycles. The molecule has 0 radical (unpaired) electrons. The summed E-state index contributed by atoms with van der Waals surface area (Å²) < 4.78 is 1.05. The molecular formula is C9H11BrClNS. The van der Waals surface area contributed by atoms with Crippen LogP contribution in [0.5, 0.6) is 0 Å². The van der Waals surface area contributed by atoms with E-state index in [-0.39, 0.29) is 4.75 Å². The fourth-order valence-corrected chi connectivity index (χ4v) is 2.25. The molecule has 0 aliphatic rings. The van der Waals surface area contributed by atoms with Crippen molar-refractivity contribution in [3.63, 3.8) is 0 Å². The molecule has 0 saturated carbocycles. The summed E-state index contributed by atoms with van der Waals surface area (Å²) >= 11 is 11.0. The van der Waals surface area contributed by atoms with Crippen LogP contribution in [0.4, 0.5) is 0 Å². The first-order valence-electron chi connectivity index (χ1n) is 3.91. The van der Waals surface area contributed by atoms with E-state index in [1.54, 1.807) is 18.0 Å². The molecule has 13 heavy (non-hydrogen) atoms. The second kappa shape index (κ2) is 4.67. The summed E-state index contributed by atoms with van der Waals surface area (Å²) in [5.41, 5.74) is 0. The van der Waals surface area contributed by atoms with Crippen molar-refractivity contribution in [3.8, 4) is 0 Å². The molecule has 72 valence electrons. The van der Waals surface area contributed by atoms with Crippen LogP contribution in [0.15, 0.2) is 27.8 Å². The molecule has 0 fully saturated rings. The Hall–Kier alpha value is 0.270. The molecule has 0 amide bonds. The van der Waals surface area contributed by atoms with Crippen molar-refractivity contribution >= 4 is 39.3 Å². The average molecular weight is 281 g/mol. The number of aromatic nitrogens is 1. The minimum Gasteiger partial charge on any atom is -0.249 e. The third kappa shape index (κ3) is 3.49. The Labute approximate surface area is 96.4 Å². The zero-order valence-electron chi connectivity index (χ0n) is 7.55. The normalized spacial score (nSPS) is 11.7. The van der Waals surface area contributed by atoms with Gasteiger partial charge in [-0.25, -0.2) is 4.98 Å². The quantitative estimate of drug-likeness (QED) is 0.614. The van der Waals surface area contributed by atoms with Gasteiger partial charge in [-0.1, -0.05) is 11.8 Å². The van der Waals surface area contributed by atoms with E-state index in [1.807, 2.05) is 12.1 Å². The van der Waals surface area contributed by atoms with Crippen molar-refractivity contribution < 1.29 is 0 Å². The first-order chi connectivity index (χ1) is 6.05. The van der Waals surface area contributed by atoms with E-state index in [4.69, 9.17) is 11.6 Å². The molecule has 1 aromatic heterocycles. The summed E-state index contributed by atoms with van der Waals surface area (Å²) in [5, 5.41) is 0.994. The number of nitrogens with zero attached hydrogens (tertiary/aromatic N) is 1. The van der Waals surface area contributed by atoms with Crippen LogP contribution in [0, 0.1) is 0 Å². The van der Waals surface area contributed by atoms with Crippen LogP contribution in [0.1, 0.15) is 13.8 Å². The molecule has 0 N–H and O–H groups in total. The Balaban J connectivity index is 2.80. The standard InChI is InChI=1S/C9H11BrClNS/c1-9(2,6-11)13-8-7(10)4-3-5-12-8/h3-5H,6H2,1-2H3. The molecule has 0 bridgehead atoms. The van der Waals surface area contributed by atoms with Crippen molar-refractivity contribution in [2.24, 2.45) is 0 Å². The Morgan fingerprint density at radius 2 is 2.31 bits per heavy atom. The minimum absolute atomic E-state index is 0.0262. The number of rotatable bonds is 3. The highest BCUT2D eigenvalue weighted by molar-refractivity contribution is 9.10. The fourth-order valence-electron chi connectivity index (χ4n) is 0.735. The zero-order valence-corrected chi connectivity index (χ0v) is 10.7. The number of pyridine rings is 1. The maximum atomic E-state index is 5.83. The van der Waals surface area contributed by atoms with Gasteiger partial charge in [0.05, 0.1) is 0 Å². The van der Waals surface area contributed by atoms with E-state index in [0.717, 1.165) is 9.50 Å². The Bertz CT molecular complexity index is 291. The van der Waals surface area contributed by atoms with Gasteiger partial charge in [0.15, 0.2) is 0 Å².